The Kier molecular flexibility index (Phi) is 5.18. The predicted molar refractivity (Wildman–Crippen MR) is 56.0 cm³/mol. The van der Waals surface area contributed by atoms with Gasteiger partial charge in [0, 0.05) is 13.1 Å². The number of rotatable bonds is 4. The molecule has 0 heterocycles. The van der Waals surface area contributed by atoms with Gasteiger partial charge in [0.1, 0.15) is 0 Å². The summed E-state index contributed by atoms with van der Waals surface area (Å²) in [6, 6.07) is 0.554. The monoisotopic (exact) mass is 165 g/mol. The lowest BCUT2D eigenvalue weighted by molar-refractivity contribution is 0.375. The van der Waals surface area contributed by atoms with Gasteiger partial charge in [0.2, 0.25) is 0 Å². The molecule has 12 heavy (non-hydrogen) atoms. The van der Waals surface area contributed by atoms with Gasteiger partial charge in [0.05, 0.1) is 0 Å². The molecule has 68 valence electrons. The molecule has 1 nitrogen and oxygen atoms in total. The first kappa shape index (κ1) is 11.0. The first-order chi connectivity index (χ1) is 5.57. The van der Waals surface area contributed by atoms with Gasteiger partial charge < -0.3 is 4.90 Å². The summed E-state index contributed by atoms with van der Waals surface area (Å²) in [6.07, 6.45) is 7.96. The summed E-state index contributed by atoms with van der Waals surface area (Å²) in [5.41, 5.74) is 1.22. The Morgan fingerprint density at radius 2 is 2.00 bits per heavy atom. The third-order valence-electron chi connectivity index (χ3n) is 1.77. The van der Waals surface area contributed by atoms with E-state index in [9.17, 15) is 0 Å². The van der Waals surface area contributed by atoms with Crippen LogP contribution in [0.25, 0.3) is 0 Å². The van der Waals surface area contributed by atoms with Gasteiger partial charge >= 0.3 is 0 Å². The van der Waals surface area contributed by atoms with Crippen molar-refractivity contribution >= 4 is 0 Å². The fourth-order valence-corrected chi connectivity index (χ4v) is 0.649. The molecule has 0 atom stereocenters. The molecule has 0 saturated heterocycles. The topological polar surface area (TPSA) is 3.24 Å². The second-order valence-corrected chi connectivity index (χ2v) is 3.22. The van der Waals surface area contributed by atoms with Gasteiger partial charge in [-0.1, -0.05) is 18.7 Å². The van der Waals surface area contributed by atoms with Crippen molar-refractivity contribution in [3.05, 3.63) is 36.6 Å². The van der Waals surface area contributed by atoms with Crippen LogP contribution >= 0.6 is 0 Å². The molecule has 0 fully saturated rings. The number of hydrogen-bond donors (Lipinski definition) is 0. The predicted octanol–water partition coefficient (Wildman–Crippen LogP) is 2.97. The van der Waals surface area contributed by atoms with Gasteiger partial charge in [-0.25, -0.2) is 0 Å². The maximum absolute atomic E-state index is 3.64. The molecular formula is C11H19N. The summed E-state index contributed by atoms with van der Waals surface area (Å²) < 4.78 is 0. The fraction of sp³-hybridized carbons (Fsp3) is 0.455. The molecule has 0 aromatic rings. The average Bonchev–Trinajstić information content (AvgIpc) is 2.00. The lowest BCUT2D eigenvalue weighted by Gasteiger charge is -2.18. The number of hydrogen-bond acceptors (Lipinski definition) is 1. The van der Waals surface area contributed by atoms with E-state index in [1.807, 2.05) is 6.08 Å². The molecule has 0 bridgehead atoms. The summed E-state index contributed by atoms with van der Waals surface area (Å²) in [5.74, 6) is 0. The highest BCUT2D eigenvalue weighted by Gasteiger charge is 1.94. The fourth-order valence-electron chi connectivity index (χ4n) is 0.649. The maximum Gasteiger partial charge on any atom is 0.0224 e. The highest BCUT2D eigenvalue weighted by atomic mass is 15.1. The van der Waals surface area contributed by atoms with Gasteiger partial charge in [-0.3, -0.25) is 0 Å². The van der Waals surface area contributed by atoms with Crippen molar-refractivity contribution in [1.29, 1.82) is 0 Å². The zero-order valence-electron chi connectivity index (χ0n) is 8.54. The van der Waals surface area contributed by atoms with Crippen molar-refractivity contribution in [3.63, 3.8) is 0 Å². The van der Waals surface area contributed by atoms with Crippen molar-refractivity contribution in [1.82, 2.24) is 4.90 Å². The Bertz CT molecular complexity index is 187. The van der Waals surface area contributed by atoms with Gasteiger partial charge in [-0.05, 0) is 38.6 Å². The highest BCUT2D eigenvalue weighted by molar-refractivity contribution is 5.20. The molecule has 0 radical (unpaired) electrons. The second-order valence-electron chi connectivity index (χ2n) is 3.22. The Balaban J connectivity index is 4.06. The molecule has 0 rings (SSSR count). The Morgan fingerprint density at radius 3 is 2.42 bits per heavy atom. The zero-order valence-corrected chi connectivity index (χ0v) is 8.54. The maximum atomic E-state index is 3.64. The number of allylic oxidation sites excluding steroid dienone is 4. The van der Waals surface area contributed by atoms with Crippen LogP contribution in [0.4, 0.5) is 0 Å². The zero-order chi connectivity index (χ0) is 9.56. The van der Waals surface area contributed by atoms with E-state index in [0.717, 1.165) is 0 Å². The third-order valence-corrected chi connectivity index (χ3v) is 1.77. The lowest BCUT2D eigenvalue weighted by atomic mass is 10.2. The molecule has 0 amide bonds. The van der Waals surface area contributed by atoms with Crippen LogP contribution in [0.1, 0.15) is 20.8 Å². The normalized spacial score (nSPS) is 12.6. The van der Waals surface area contributed by atoms with Crippen molar-refractivity contribution in [3.8, 4) is 0 Å². The van der Waals surface area contributed by atoms with Gasteiger partial charge in [0.15, 0.2) is 0 Å². The molecule has 0 spiro atoms. The molecule has 0 aliphatic rings. The van der Waals surface area contributed by atoms with Crippen molar-refractivity contribution in [2.75, 3.05) is 7.05 Å². The van der Waals surface area contributed by atoms with Crippen molar-refractivity contribution < 1.29 is 0 Å². The van der Waals surface area contributed by atoms with Crippen LogP contribution in [0.3, 0.4) is 0 Å². The summed E-state index contributed by atoms with van der Waals surface area (Å²) in [4.78, 5) is 2.17. The standard InChI is InChI=1S/C11H19N/c1-6-7-11(4)8-9-12(5)10(2)3/h6-10H,1H2,2-5H3/b9-8-,11-7-. The van der Waals surface area contributed by atoms with Crippen LogP contribution in [-0.2, 0) is 0 Å². The van der Waals surface area contributed by atoms with Crippen LogP contribution in [0.2, 0.25) is 0 Å². The molecule has 1 heteroatoms. The van der Waals surface area contributed by atoms with Crippen molar-refractivity contribution in [2.24, 2.45) is 0 Å². The van der Waals surface area contributed by atoms with E-state index < -0.39 is 0 Å². The quantitative estimate of drug-likeness (QED) is 0.579. The van der Waals surface area contributed by atoms with Crippen molar-refractivity contribution in [2.45, 2.75) is 26.8 Å². The SMILES string of the molecule is C=C/C=C(C)\C=C/N(C)C(C)C. The van der Waals surface area contributed by atoms with E-state index >= 15 is 0 Å². The van der Waals surface area contributed by atoms with E-state index in [-0.39, 0.29) is 0 Å². The van der Waals surface area contributed by atoms with E-state index in [1.165, 1.54) is 5.57 Å². The van der Waals surface area contributed by atoms with Crippen LogP contribution in [0.15, 0.2) is 36.6 Å². The van der Waals surface area contributed by atoms with E-state index in [1.54, 1.807) is 6.08 Å². The molecular weight excluding hydrogens is 146 g/mol. The van der Waals surface area contributed by atoms with Crippen LogP contribution in [0.5, 0.6) is 0 Å². The van der Waals surface area contributed by atoms with Crippen LogP contribution < -0.4 is 0 Å². The average molecular weight is 165 g/mol. The molecule has 0 aromatic heterocycles. The molecule has 0 unspecified atom stereocenters. The summed E-state index contributed by atoms with van der Waals surface area (Å²) in [6.45, 7) is 10.0. The lowest BCUT2D eigenvalue weighted by Crippen LogP contribution is -2.19. The smallest absolute Gasteiger partial charge is 0.0224 e. The number of nitrogens with zero attached hydrogens (tertiary/aromatic N) is 1. The summed E-state index contributed by atoms with van der Waals surface area (Å²) in [5, 5.41) is 0. The minimum Gasteiger partial charge on any atom is -0.378 e. The Hall–Kier alpha value is -0.980. The summed E-state index contributed by atoms with van der Waals surface area (Å²) in [7, 11) is 2.07. The van der Waals surface area contributed by atoms with Crippen LogP contribution in [-0.4, -0.2) is 18.0 Å². The van der Waals surface area contributed by atoms with E-state index in [0.29, 0.717) is 6.04 Å². The largest absolute Gasteiger partial charge is 0.378 e. The summed E-state index contributed by atoms with van der Waals surface area (Å²) >= 11 is 0. The first-order valence-corrected chi connectivity index (χ1v) is 4.27. The Labute approximate surface area is 76.1 Å². The Morgan fingerprint density at radius 1 is 1.42 bits per heavy atom. The molecule has 0 aliphatic heterocycles. The molecule has 0 aromatic carbocycles. The second kappa shape index (κ2) is 5.64. The highest BCUT2D eigenvalue weighted by Crippen LogP contribution is 1.99. The minimum absolute atomic E-state index is 0.554. The third kappa shape index (κ3) is 4.78. The van der Waals surface area contributed by atoms with Gasteiger partial charge in [-0.15, -0.1) is 0 Å². The first-order valence-electron chi connectivity index (χ1n) is 4.27. The molecule has 0 N–H and O–H groups in total. The molecule has 0 aliphatic carbocycles. The van der Waals surface area contributed by atoms with E-state index in [4.69, 9.17) is 0 Å². The minimum atomic E-state index is 0.554. The van der Waals surface area contributed by atoms with Crippen LogP contribution in [0, 0.1) is 0 Å². The van der Waals surface area contributed by atoms with Gasteiger partial charge in [-0.2, -0.15) is 0 Å². The molecule has 0 saturated carbocycles. The van der Waals surface area contributed by atoms with E-state index in [2.05, 4.69) is 51.6 Å². The van der Waals surface area contributed by atoms with Gasteiger partial charge in [0.25, 0.3) is 0 Å².